The van der Waals surface area contributed by atoms with Crippen LogP contribution >= 0.6 is 0 Å². The van der Waals surface area contributed by atoms with Gasteiger partial charge in [0.25, 0.3) is 0 Å². The molecule has 4 atom stereocenters. The molecule has 0 rings (SSSR count). The molecule has 0 aromatic heterocycles. The Kier molecular flexibility index (Phi) is 13.1. The van der Waals surface area contributed by atoms with Crippen molar-refractivity contribution in [2.24, 2.45) is 17.2 Å². The predicted molar refractivity (Wildman–Crippen MR) is 107 cm³/mol. The van der Waals surface area contributed by atoms with Gasteiger partial charge >= 0.3 is 11.9 Å². The Morgan fingerprint density at radius 1 is 0.781 bits per heavy atom. The van der Waals surface area contributed by atoms with Crippen LogP contribution in [0, 0.1) is 0 Å². The number of primary amides is 1. The van der Waals surface area contributed by atoms with Gasteiger partial charge in [-0.3, -0.25) is 24.0 Å². The first kappa shape index (κ1) is 28.7. The Morgan fingerprint density at radius 3 is 1.78 bits per heavy atom. The minimum absolute atomic E-state index is 0.273. The van der Waals surface area contributed by atoms with Gasteiger partial charge in [0.1, 0.15) is 18.1 Å². The summed E-state index contributed by atoms with van der Waals surface area (Å²) >= 11 is 0. The highest BCUT2D eigenvalue weighted by atomic mass is 16.4. The quantitative estimate of drug-likeness (QED) is 0.0982. The van der Waals surface area contributed by atoms with Gasteiger partial charge in [0.2, 0.25) is 23.6 Å². The smallest absolute Gasteiger partial charge is 0.326 e. The third-order valence-electron chi connectivity index (χ3n) is 4.15. The molecule has 0 aromatic rings. The molecule has 32 heavy (non-hydrogen) atoms. The minimum atomic E-state index is -1.84. The van der Waals surface area contributed by atoms with E-state index in [1.54, 1.807) is 0 Å². The molecule has 0 fully saturated rings. The zero-order valence-electron chi connectivity index (χ0n) is 17.3. The van der Waals surface area contributed by atoms with E-state index in [0.29, 0.717) is 19.4 Å². The summed E-state index contributed by atoms with van der Waals surface area (Å²) in [4.78, 5) is 70.0. The number of rotatable bonds is 16. The van der Waals surface area contributed by atoms with Crippen molar-refractivity contribution in [3.8, 4) is 0 Å². The number of hydrogen-bond donors (Lipinski definition) is 9. The molecule has 0 aliphatic rings. The van der Waals surface area contributed by atoms with Crippen molar-refractivity contribution in [2.45, 2.75) is 56.3 Å². The van der Waals surface area contributed by atoms with Gasteiger partial charge in [0, 0.05) is 0 Å². The Morgan fingerprint density at radius 2 is 1.31 bits per heavy atom. The zero-order chi connectivity index (χ0) is 24.8. The number of carbonyl (C=O) groups excluding carboxylic acids is 4. The number of aliphatic hydroxyl groups is 1. The van der Waals surface area contributed by atoms with E-state index in [-0.39, 0.29) is 6.42 Å². The van der Waals surface area contributed by atoms with Gasteiger partial charge < -0.3 is 48.5 Å². The molecular formula is C17H30N6O9. The van der Waals surface area contributed by atoms with Gasteiger partial charge in [-0.15, -0.1) is 0 Å². The molecule has 0 saturated heterocycles. The lowest BCUT2D eigenvalue weighted by Crippen LogP contribution is -2.58. The lowest BCUT2D eigenvalue weighted by atomic mass is 10.1. The minimum Gasteiger partial charge on any atom is -0.481 e. The summed E-state index contributed by atoms with van der Waals surface area (Å²) < 4.78 is 0. The van der Waals surface area contributed by atoms with E-state index in [4.69, 9.17) is 27.4 Å². The number of carboxylic acid groups (broad SMARTS) is 2. The second kappa shape index (κ2) is 14.7. The third kappa shape index (κ3) is 11.2. The summed E-state index contributed by atoms with van der Waals surface area (Å²) in [5.74, 6) is -7.25. The second-order valence-corrected chi connectivity index (χ2v) is 6.86. The Labute approximate surface area is 183 Å². The Hall–Kier alpha value is -3.30. The fraction of sp³-hybridized carbons (Fsp3) is 0.647. The normalized spacial score (nSPS) is 14.3. The number of nitrogens with one attached hydrogen (secondary N) is 3. The van der Waals surface area contributed by atoms with E-state index < -0.39 is 79.2 Å². The van der Waals surface area contributed by atoms with Crippen molar-refractivity contribution in [2.75, 3.05) is 13.2 Å². The van der Waals surface area contributed by atoms with Crippen LogP contribution in [0.5, 0.6) is 0 Å². The molecule has 0 aliphatic carbocycles. The average Bonchev–Trinajstić information content (AvgIpc) is 2.69. The van der Waals surface area contributed by atoms with E-state index >= 15 is 0 Å². The van der Waals surface area contributed by atoms with Crippen LogP contribution in [-0.2, 0) is 28.8 Å². The first-order chi connectivity index (χ1) is 14.9. The van der Waals surface area contributed by atoms with Crippen molar-refractivity contribution < 1.29 is 44.1 Å². The molecule has 0 spiro atoms. The summed E-state index contributed by atoms with van der Waals surface area (Å²) in [6.07, 6.45) is -0.260. The SMILES string of the molecule is NCCCCC(N)C(=O)NC(CO)C(=O)NC(CC(N)=O)C(=O)NC(CC(=O)O)C(=O)O. The van der Waals surface area contributed by atoms with Gasteiger partial charge in [-0.2, -0.15) is 0 Å². The number of aliphatic hydroxyl groups excluding tert-OH is 1. The van der Waals surface area contributed by atoms with E-state index in [9.17, 15) is 33.9 Å². The molecule has 0 aromatic carbocycles. The highest BCUT2D eigenvalue weighted by Gasteiger charge is 2.31. The summed E-state index contributed by atoms with van der Waals surface area (Å²) in [5, 5.41) is 33.3. The lowest BCUT2D eigenvalue weighted by Gasteiger charge is -2.23. The van der Waals surface area contributed by atoms with Crippen molar-refractivity contribution in [3.05, 3.63) is 0 Å². The topological polar surface area (TPSA) is 277 Å². The second-order valence-electron chi connectivity index (χ2n) is 6.86. The first-order valence-electron chi connectivity index (χ1n) is 9.63. The first-order valence-corrected chi connectivity index (χ1v) is 9.63. The van der Waals surface area contributed by atoms with E-state index in [1.807, 2.05) is 5.32 Å². The molecule has 0 saturated carbocycles. The third-order valence-corrected chi connectivity index (χ3v) is 4.15. The van der Waals surface area contributed by atoms with Crippen LogP contribution in [0.2, 0.25) is 0 Å². The van der Waals surface area contributed by atoms with Crippen molar-refractivity contribution in [1.29, 1.82) is 0 Å². The number of unbranched alkanes of at least 4 members (excludes halogenated alkanes) is 1. The van der Waals surface area contributed by atoms with E-state index in [1.165, 1.54) is 0 Å². The molecule has 0 bridgehead atoms. The Balaban J connectivity index is 5.21. The summed E-state index contributed by atoms with van der Waals surface area (Å²) in [7, 11) is 0. The fourth-order valence-corrected chi connectivity index (χ4v) is 2.44. The van der Waals surface area contributed by atoms with Crippen molar-refractivity contribution in [3.63, 3.8) is 0 Å². The predicted octanol–water partition coefficient (Wildman–Crippen LogP) is -4.68. The van der Waals surface area contributed by atoms with Gasteiger partial charge in [0.15, 0.2) is 0 Å². The van der Waals surface area contributed by atoms with Crippen molar-refractivity contribution >= 4 is 35.6 Å². The van der Waals surface area contributed by atoms with Crippen LogP contribution < -0.4 is 33.2 Å². The van der Waals surface area contributed by atoms with Crippen LogP contribution in [0.25, 0.3) is 0 Å². The van der Waals surface area contributed by atoms with Gasteiger partial charge in [-0.1, -0.05) is 6.42 Å². The number of amides is 4. The molecular weight excluding hydrogens is 432 g/mol. The summed E-state index contributed by atoms with van der Waals surface area (Å²) in [5.41, 5.74) is 16.1. The number of aliphatic carboxylic acids is 2. The standard InChI is InChI=1S/C17H30N6O9/c18-4-2-1-3-8(19)14(28)23-11(7-24)16(30)21-9(5-12(20)25)15(29)22-10(17(31)32)6-13(26)27/h8-11,24H,1-7,18-19H2,(H2,20,25)(H,21,30)(H,22,29)(H,23,28)(H,26,27)(H,31,32). The van der Waals surface area contributed by atoms with Gasteiger partial charge in [0.05, 0.1) is 25.5 Å². The molecule has 0 heterocycles. The number of carboxylic acids is 2. The molecule has 4 amide bonds. The maximum atomic E-state index is 12.4. The van der Waals surface area contributed by atoms with Gasteiger partial charge in [-0.25, -0.2) is 4.79 Å². The van der Waals surface area contributed by atoms with Crippen LogP contribution in [-0.4, -0.2) is 88.2 Å². The largest absolute Gasteiger partial charge is 0.481 e. The number of carbonyl (C=O) groups is 6. The summed E-state index contributed by atoms with van der Waals surface area (Å²) in [6.45, 7) is -0.469. The maximum absolute atomic E-state index is 12.4. The fourth-order valence-electron chi connectivity index (χ4n) is 2.44. The number of hydrogen-bond acceptors (Lipinski definition) is 9. The molecule has 182 valence electrons. The van der Waals surface area contributed by atoms with Crippen LogP contribution in [0.4, 0.5) is 0 Å². The zero-order valence-corrected chi connectivity index (χ0v) is 17.3. The highest BCUT2D eigenvalue weighted by molar-refractivity contribution is 5.96. The summed E-state index contributed by atoms with van der Waals surface area (Å²) in [6, 6.07) is -6.06. The van der Waals surface area contributed by atoms with Crippen LogP contribution in [0.3, 0.4) is 0 Å². The lowest BCUT2D eigenvalue weighted by molar-refractivity contribution is -0.147. The molecule has 0 radical (unpaired) electrons. The van der Waals surface area contributed by atoms with Gasteiger partial charge in [-0.05, 0) is 19.4 Å². The maximum Gasteiger partial charge on any atom is 0.326 e. The molecule has 4 unspecified atom stereocenters. The van der Waals surface area contributed by atoms with Crippen LogP contribution in [0.1, 0.15) is 32.1 Å². The highest BCUT2D eigenvalue weighted by Crippen LogP contribution is 2.01. The molecule has 15 heteroatoms. The van der Waals surface area contributed by atoms with E-state index in [0.717, 1.165) is 0 Å². The average molecular weight is 462 g/mol. The molecule has 12 N–H and O–H groups in total. The molecule has 15 nitrogen and oxygen atoms in total. The van der Waals surface area contributed by atoms with Crippen LogP contribution in [0.15, 0.2) is 0 Å². The van der Waals surface area contributed by atoms with E-state index in [2.05, 4.69) is 10.6 Å². The molecule has 0 aliphatic heterocycles. The number of nitrogens with two attached hydrogens (primary N) is 3. The monoisotopic (exact) mass is 462 g/mol. The Bertz CT molecular complexity index is 702. The van der Waals surface area contributed by atoms with Crippen molar-refractivity contribution in [1.82, 2.24) is 16.0 Å².